The molecule has 0 aromatic heterocycles. The molecule has 1 aromatic rings. The minimum atomic E-state index is -0.0596. The fourth-order valence-corrected chi connectivity index (χ4v) is 3.10. The minimum Gasteiger partial charge on any atom is -0.490 e. The summed E-state index contributed by atoms with van der Waals surface area (Å²) in [4.78, 5) is 28.6. The zero-order chi connectivity index (χ0) is 18.9. The van der Waals surface area contributed by atoms with Gasteiger partial charge < -0.3 is 19.9 Å². The number of fused-ring (bicyclic) bond motifs is 1. The van der Waals surface area contributed by atoms with Crippen molar-refractivity contribution < 1.29 is 14.3 Å². The molecule has 1 heterocycles. The quantitative estimate of drug-likeness (QED) is 0.686. The molecule has 0 saturated carbocycles. The largest absolute Gasteiger partial charge is 0.490 e. The summed E-state index contributed by atoms with van der Waals surface area (Å²) in [6, 6.07) is 5.82. The molecule has 0 unspecified atom stereocenters. The number of rotatable bonds is 9. The van der Waals surface area contributed by atoms with Crippen LogP contribution in [0.1, 0.15) is 38.7 Å². The number of amides is 2. The zero-order valence-electron chi connectivity index (χ0n) is 16.2. The van der Waals surface area contributed by atoms with Gasteiger partial charge in [0.15, 0.2) is 0 Å². The Morgan fingerprint density at radius 2 is 2.00 bits per heavy atom. The molecule has 0 saturated heterocycles. The van der Waals surface area contributed by atoms with Crippen LogP contribution in [0.3, 0.4) is 0 Å². The third-order valence-electron chi connectivity index (χ3n) is 4.71. The van der Waals surface area contributed by atoms with E-state index in [1.807, 2.05) is 25.1 Å². The Kier molecular flexibility index (Phi) is 7.91. The Labute approximate surface area is 156 Å². The van der Waals surface area contributed by atoms with Gasteiger partial charge in [-0.05, 0) is 50.7 Å². The van der Waals surface area contributed by atoms with Crippen molar-refractivity contribution in [2.24, 2.45) is 0 Å². The molecule has 2 rings (SSSR count). The predicted octanol–water partition coefficient (Wildman–Crippen LogP) is 2.35. The van der Waals surface area contributed by atoms with Crippen molar-refractivity contribution in [2.75, 3.05) is 44.2 Å². The molecule has 144 valence electrons. The molecule has 0 bridgehead atoms. The number of anilines is 1. The molecule has 0 atom stereocenters. The number of ether oxygens (including phenoxy) is 1. The van der Waals surface area contributed by atoms with Gasteiger partial charge in [-0.25, -0.2) is 0 Å². The Morgan fingerprint density at radius 3 is 2.73 bits per heavy atom. The number of aryl methyl sites for hydroxylation is 1. The van der Waals surface area contributed by atoms with E-state index in [0.717, 1.165) is 43.1 Å². The maximum atomic E-state index is 12.6. The second-order valence-corrected chi connectivity index (χ2v) is 6.60. The van der Waals surface area contributed by atoms with Crippen LogP contribution in [0.15, 0.2) is 18.2 Å². The van der Waals surface area contributed by atoms with Crippen molar-refractivity contribution in [3.63, 3.8) is 0 Å². The van der Waals surface area contributed by atoms with Gasteiger partial charge in [0.25, 0.3) is 0 Å². The molecule has 1 aromatic carbocycles. The van der Waals surface area contributed by atoms with Crippen LogP contribution in [0.5, 0.6) is 5.75 Å². The standard InChI is InChI=1S/C20H31N3O3/c1-4-22(5-2)12-6-11-21-19(24)9-10-20(25)23-13-14-26-18-8-7-16(3)15-17(18)23/h7-8,15H,4-6,9-14H2,1-3H3,(H,21,24). The second-order valence-electron chi connectivity index (χ2n) is 6.60. The lowest BCUT2D eigenvalue weighted by Gasteiger charge is -2.30. The highest BCUT2D eigenvalue weighted by atomic mass is 16.5. The molecule has 0 spiro atoms. The number of nitrogens with one attached hydrogen (secondary N) is 1. The topological polar surface area (TPSA) is 61.9 Å². The molecule has 0 aliphatic carbocycles. The minimum absolute atomic E-state index is 0.0292. The molecule has 26 heavy (non-hydrogen) atoms. The van der Waals surface area contributed by atoms with Gasteiger partial charge in [0.05, 0.1) is 12.2 Å². The first-order valence-electron chi connectivity index (χ1n) is 9.58. The summed E-state index contributed by atoms with van der Waals surface area (Å²) in [7, 11) is 0. The number of benzene rings is 1. The van der Waals surface area contributed by atoms with E-state index in [2.05, 4.69) is 24.1 Å². The van der Waals surface area contributed by atoms with Crippen molar-refractivity contribution in [3.05, 3.63) is 23.8 Å². The molecular weight excluding hydrogens is 330 g/mol. The number of nitrogens with zero attached hydrogens (tertiary/aromatic N) is 2. The molecule has 6 heteroatoms. The first kappa shape index (κ1) is 20.2. The molecule has 1 aliphatic rings. The Bertz CT molecular complexity index is 614. The van der Waals surface area contributed by atoms with E-state index in [4.69, 9.17) is 4.74 Å². The van der Waals surface area contributed by atoms with Gasteiger partial charge in [0.1, 0.15) is 12.4 Å². The monoisotopic (exact) mass is 361 g/mol. The summed E-state index contributed by atoms with van der Waals surface area (Å²) in [5.41, 5.74) is 1.89. The van der Waals surface area contributed by atoms with E-state index in [-0.39, 0.29) is 24.7 Å². The van der Waals surface area contributed by atoms with Gasteiger partial charge in [0, 0.05) is 19.4 Å². The number of hydrogen-bond acceptors (Lipinski definition) is 4. The molecule has 2 amide bonds. The van der Waals surface area contributed by atoms with E-state index >= 15 is 0 Å². The molecule has 0 radical (unpaired) electrons. The Balaban J connectivity index is 1.75. The molecular formula is C20H31N3O3. The van der Waals surface area contributed by atoms with E-state index in [1.54, 1.807) is 4.90 Å². The van der Waals surface area contributed by atoms with Crippen LogP contribution in [0.2, 0.25) is 0 Å². The van der Waals surface area contributed by atoms with Crippen LogP contribution in [0.4, 0.5) is 5.69 Å². The molecule has 6 nitrogen and oxygen atoms in total. The maximum Gasteiger partial charge on any atom is 0.227 e. The van der Waals surface area contributed by atoms with Gasteiger partial charge in [0.2, 0.25) is 11.8 Å². The third-order valence-corrected chi connectivity index (χ3v) is 4.71. The van der Waals surface area contributed by atoms with Gasteiger partial charge in [-0.2, -0.15) is 0 Å². The third kappa shape index (κ3) is 5.73. The predicted molar refractivity (Wildman–Crippen MR) is 104 cm³/mol. The van der Waals surface area contributed by atoms with Crippen molar-refractivity contribution in [3.8, 4) is 5.75 Å². The lowest BCUT2D eigenvalue weighted by molar-refractivity contribution is -0.125. The summed E-state index contributed by atoms with van der Waals surface area (Å²) >= 11 is 0. The first-order chi connectivity index (χ1) is 12.5. The van der Waals surface area contributed by atoms with Crippen molar-refractivity contribution in [1.29, 1.82) is 0 Å². The average Bonchev–Trinajstić information content (AvgIpc) is 2.65. The second kappa shape index (κ2) is 10.2. The van der Waals surface area contributed by atoms with E-state index < -0.39 is 0 Å². The van der Waals surface area contributed by atoms with Gasteiger partial charge >= 0.3 is 0 Å². The van der Waals surface area contributed by atoms with Gasteiger partial charge in [-0.15, -0.1) is 0 Å². The van der Waals surface area contributed by atoms with Crippen LogP contribution >= 0.6 is 0 Å². The molecule has 1 aliphatic heterocycles. The van der Waals surface area contributed by atoms with Crippen LogP contribution < -0.4 is 15.0 Å². The Morgan fingerprint density at radius 1 is 1.23 bits per heavy atom. The Hall–Kier alpha value is -2.08. The lowest BCUT2D eigenvalue weighted by Crippen LogP contribution is -2.38. The van der Waals surface area contributed by atoms with Crippen molar-refractivity contribution in [2.45, 2.75) is 40.0 Å². The fraction of sp³-hybridized carbons (Fsp3) is 0.600. The summed E-state index contributed by atoms with van der Waals surface area (Å²) < 4.78 is 5.61. The number of carbonyl (C=O) groups is 2. The number of hydrogen-bond donors (Lipinski definition) is 1. The zero-order valence-corrected chi connectivity index (χ0v) is 16.2. The summed E-state index contributed by atoms with van der Waals surface area (Å²) in [5.74, 6) is 0.644. The van der Waals surface area contributed by atoms with E-state index in [1.165, 1.54) is 0 Å². The van der Waals surface area contributed by atoms with Gasteiger partial charge in [-0.1, -0.05) is 19.9 Å². The van der Waals surface area contributed by atoms with E-state index in [9.17, 15) is 9.59 Å². The van der Waals surface area contributed by atoms with Crippen LogP contribution in [-0.2, 0) is 9.59 Å². The van der Waals surface area contributed by atoms with Crippen LogP contribution in [-0.4, -0.2) is 56.0 Å². The fourth-order valence-electron chi connectivity index (χ4n) is 3.10. The first-order valence-corrected chi connectivity index (χ1v) is 9.58. The average molecular weight is 361 g/mol. The maximum absolute atomic E-state index is 12.6. The SMILES string of the molecule is CCN(CC)CCCNC(=O)CCC(=O)N1CCOc2ccc(C)cc21. The smallest absolute Gasteiger partial charge is 0.227 e. The van der Waals surface area contributed by atoms with Crippen LogP contribution in [0, 0.1) is 6.92 Å². The highest BCUT2D eigenvalue weighted by Crippen LogP contribution is 2.32. The normalized spacial score (nSPS) is 13.3. The molecule has 0 fully saturated rings. The van der Waals surface area contributed by atoms with Gasteiger partial charge in [-0.3, -0.25) is 9.59 Å². The summed E-state index contributed by atoms with van der Waals surface area (Å²) in [5, 5.41) is 2.91. The molecule has 1 N–H and O–H groups in total. The highest BCUT2D eigenvalue weighted by Gasteiger charge is 2.23. The number of carbonyl (C=O) groups excluding carboxylic acids is 2. The van der Waals surface area contributed by atoms with Crippen molar-refractivity contribution in [1.82, 2.24) is 10.2 Å². The highest BCUT2D eigenvalue weighted by molar-refractivity contribution is 5.97. The summed E-state index contributed by atoms with van der Waals surface area (Å²) in [6.07, 6.45) is 1.37. The van der Waals surface area contributed by atoms with E-state index in [0.29, 0.717) is 19.7 Å². The lowest BCUT2D eigenvalue weighted by atomic mass is 10.1. The van der Waals surface area contributed by atoms with Crippen LogP contribution in [0.25, 0.3) is 0 Å². The van der Waals surface area contributed by atoms with Crippen molar-refractivity contribution >= 4 is 17.5 Å². The summed E-state index contributed by atoms with van der Waals surface area (Å²) in [6.45, 7) is 11.0.